The summed E-state index contributed by atoms with van der Waals surface area (Å²) in [6.45, 7) is 4.01. The van der Waals surface area contributed by atoms with Crippen LogP contribution in [0.4, 0.5) is 0 Å². The second kappa shape index (κ2) is 9.52. The van der Waals surface area contributed by atoms with E-state index in [-0.39, 0.29) is 19.4 Å². The zero-order valence-corrected chi connectivity index (χ0v) is 15.4. The van der Waals surface area contributed by atoms with Crippen molar-refractivity contribution in [2.24, 2.45) is 0 Å². The van der Waals surface area contributed by atoms with Crippen molar-refractivity contribution in [2.75, 3.05) is 19.4 Å². The Morgan fingerprint density at radius 3 is 1.96 bits per heavy atom. The Labute approximate surface area is 148 Å². The van der Waals surface area contributed by atoms with Crippen molar-refractivity contribution in [3.8, 4) is 0 Å². The maximum absolute atomic E-state index is 12.9. The molecule has 5 nitrogen and oxygen atoms in total. The third-order valence-corrected chi connectivity index (χ3v) is 5.55. The summed E-state index contributed by atoms with van der Waals surface area (Å²) in [6.07, 6.45) is -0.755. The summed E-state index contributed by atoms with van der Waals surface area (Å²) >= 11 is 0. The van der Waals surface area contributed by atoms with E-state index in [2.05, 4.69) is 0 Å². The van der Waals surface area contributed by atoms with E-state index in [0.717, 1.165) is 5.56 Å². The van der Waals surface area contributed by atoms with E-state index >= 15 is 0 Å². The molecule has 1 atom stereocenters. The first kappa shape index (κ1) is 19.4. The average Bonchev–Trinajstić information content (AvgIpc) is 2.63. The van der Waals surface area contributed by atoms with E-state index in [4.69, 9.17) is 13.8 Å². The predicted molar refractivity (Wildman–Crippen MR) is 96.8 cm³/mol. The van der Waals surface area contributed by atoms with Crippen molar-refractivity contribution >= 4 is 13.6 Å². The van der Waals surface area contributed by atoms with Crippen LogP contribution in [-0.4, -0.2) is 25.3 Å². The Bertz CT molecular complexity index is 692. The number of benzene rings is 2. The SMILES string of the molecule is CCOP(=O)(C[C@H](OC(=O)c1ccccc1)c1ccccc1)OCC. The van der Waals surface area contributed by atoms with Crippen molar-refractivity contribution in [1.29, 1.82) is 0 Å². The Hall–Kier alpha value is -1.94. The smallest absolute Gasteiger partial charge is 0.338 e. The van der Waals surface area contributed by atoms with Crippen LogP contribution in [0.25, 0.3) is 0 Å². The van der Waals surface area contributed by atoms with Gasteiger partial charge in [0, 0.05) is 0 Å². The summed E-state index contributed by atoms with van der Waals surface area (Å²) < 4.78 is 29.2. The topological polar surface area (TPSA) is 61.8 Å². The molecule has 0 bridgehead atoms. The van der Waals surface area contributed by atoms with Gasteiger partial charge in [0.1, 0.15) is 6.10 Å². The van der Waals surface area contributed by atoms with Crippen molar-refractivity contribution in [1.82, 2.24) is 0 Å². The molecule has 2 rings (SSSR count). The summed E-state index contributed by atoms with van der Waals surface area (Å²) in [5.41, 5.74) is 1.18. The van der Waals surface area contributed by atoms with Crippen LogP contribution in [0, 0.1) is 0 Å². The Kier molecular flexibility index (Phi) is 7.38. The molecule has 6 heteroatoms. The maximum atomic E-state index is 12.9. The first-order valence-corrected chi connectivity index (χ1v) is 10.00. The molecule has 0 saturated carbocycles. The van der Waals surface area contributed by atoms with Gasteiger partial charge in [-0.05, 0) is 31.5 Å². The highest BCUT2D eigenvalue weighted by molar-refractivity contribution is 7.53. The molecule has 0 aliphatic heterocycles. The van der Waals surface area contributed by atoms with Crippen LogP contribution in [0.5, 0.6) is 0 Å². The molecule has 0 fully saturated rings. The van der Waals surface area contributed by atoms with Crippen LogP contribution in [-0.2, 0) is 18.3 Å². The van der Waals surface area contributed by atoms with Crippen molar-refractivity contribution in [3.05, 3.63) is 71.8 Å². The Balaban J connectivity index is 2.24. The highest BCUT2D eigenvalue weighted by Gasteiger charge is 2.32. The number of hydrogen-bond acceptors (Lipinski definition) is 5. The minimum atomic E-state index is -3.37. The quantitative estimate of drug-likeness (QED) is 0.471. The van der Waals surface area contributed by atoms with E-state index in [0.29, 0.717) is 5.56 Å². The molecule has 0 aromatic heterocycles. The molecule has 134 valence electrons. The van der Waals surface area contributed by atoms with Crippen LogP contribution in [0.15, 0.2) is 60.7 Å². The summed E-state index contributed by atoms with van der Waals surface area (Å²) in [6, 6.07) is 17.9. The molecule has 25 heavy (non-hydrogen) atoms. The third kappa shape index (κ3) is 5.82. The van der Waals surface area contributed by atoms with E-state index in [1.807, 2.05) is 36.4 Å². The van der Waals surface area contributed by atoms with E-state index in [9.17, 15) is 9.36 Å². The summed E-state index contributed by atoms with van der Waals surface area (Å²) in [4.78, 5) is 12.4. The monoisotopic (exact) mass is 362 g/mol. The van der Waals surface area contributed by atoms with Crippen molar-refractivity contribution in [2.45, 2.75) is 20.0 Å². The first-order valence-electron chi connectivity index (χ1n) is 8.27. The number of rotatable bonds is 9. The van der Waals surface area contributed by atoms with Crippen LogP contribution in [0.3, 0.4) is 0 Å². The molecule has 0 unspecified atom stereocenters. The van der Waals surface area contributed by atoms with Crippen LogP contribution < -0.4 is 0 Å². The fraction of sp³-hybridized carbons (Fsp3) is 0.316. The zero-order valence-electron chi connectivity index (χ0n) is 14.5. The number of carbonyl (C=O) groups excluding carboxylic acids is 1. The summed E-state index contributed by atoms with van der Waals surface area (Å²) in [5, 5.41) is 0. The summed E-state index contributed by atoms with van der Waals surface area (Å²) in [7, 11) is -3.37. The van der Waals surface area contributed by atoms with E-state index in [1.54, 1.807) is 38.1 Å². The van der Waals surface area contributed by atoms with Gasteiger partial charge in [0.05, 0.1) is 24.9 Å². The van der Waals surface area contributed by atoms with Gasteiger partial charge >= 0.3 is 13.6 Å². The summed E-state index contributed by atoms with van der Waals surface area (Å²) in [5.74, 6) is -0.478. The number of carbonyl (C=O) groups is 1. The highest BCUT2D eigenvalue weighted by atomic mass is 31.2. The zero-order chi connectivity index (χ0) is 18.1. The molecular weight excluding hydrogens is 339 g/mol. The fourth-order valence-electron chi connectivity index (χ4n) is 2.39. The van der Waals surface area contributed by atoms with Gasteiger partial charge in [0.15, 0.2) is 0 Å². The third-order valence-electron chi connectivity index (χ3n) is 3.47. The molecule has 0 spiro atoms. The molecule has 0 amide bonds. The molecule has 0 radical (unpaired) electrons. The Morgan fingerprint density at radius 1 is 0.920 bits per heavy atom. The van der Waals surface area contributed by atoms with Gasteiger partial charge < -0.3 is 13.8 Å². The standard InChI is InChI=1S/C19H23O5P/c1-3-22-25(21,23-4-2)15-18(16-11-7-5-8-12-16)24-19(20)17-13-9-6-10-14-17/h5-14,18H,3-4,15H2,1-2H3/t18-/m0/s1. The molecular formula is C19H23O5P. The molecule has 0 heterocycles. The second-order valence-corrected chi connectivity index (χ2v) is 7.40. The van der Waals surface area contributed by atoms with Gasteiger partial charge in [0.2, 0.25) is 0 Å². The number of ether oxygens (including phenoxy) is 1. The molecule has 0 saturated heterocycles. The first-order chi connectivity index (χ1) is 12.1. The highest BCUT2D eigenvalue weighted by Crippen LogP contribution is 2.51. The van der Waals surface area contributed by atoms with Gasteiger partial charge in [-0.2, -0.15) is 0 Å². The molecule has 0 aliphatic carbocycles. The van der Waals surface area contributed by atoms with Crippen molar-refractivity contribution in [3.63, 3.8) is 0 Å². The largest absolute Gasteiger partial charge is 0.453 e. The normalized spacial score (nSPS) is 12.6. The van der Waals surface area contributed by atoms with E-state index in [1.165, 1.54) is 0 Å². The van der Waals surface area contributed by atoms with Gasteiger partial charge in [0.25, 0.3) is 0 Å². The van der Waals surface area contributed by atoms with Gasteiger partial charge in [-0.1, -0.05) is 48.5 Å². The minimum absolute atomic E-state index is 0.0305. The number of hydrogen-bond donors (Lipinski definition) is 0. The van der Waals surface area contributed by atoms with Gasteiger partial charge in [-0.15, -0.1) is 0 Å². The fourth-order valence-corrected chi connectivity index (χ4v) is 4.15. The molecule has 0 N–H and O–H groups in total. The Morgan fingerprint density at radius 2 is 1.44 bits per heavy atom. The lowest BCUT2D eigenvalue weighted by Gasteiger charge is -2.23. The van der Waals surface area contributed by atoms with Crippen molar-refractivity contribution < 1.29 is 23.1 Å². The van der Waals surface area contributed by atoms with E-state index < -0.39 is 19.7 Å². The van der Waals surface area contributed by atoms with Crippen LogP contribution >= 0.6 is 7.60 Å². The second-order valence-electron chi connectivity index (χ2n) is 5.30. The lowest BCUT2D eigenvalue weighted by Crippen LogP contribution is -2.17. The van der Waals surface area contributed by atoms with Gasteiger partial charge in [-0.25, -0.2) is 4.79 Å². The number of esters is 1. The molecule has 0 aliphatic rings. The lowest BCUT2D eigenvalue weighted by molar-refractivity contribution is 0.0330. The predicted octanol–water partition coefficient (Wildman–Crippen LogP) is 4.85. The average molecular weight is 362 g/mol. The molecule has 2 aromatic rings. The maximum Gasteiger partial charge on any atom is 0.338 e. The lowest BCUT2D eigenvalue weighted by atomic mass is 10.1. The van der Waals surface area contributed by atoms with Gasteiger partial charge in [-0.3, -0.25) is 4.57 Å². The van der Waals surface area contributed by atoms with Crippen LogP contribution in [0.1, 0.15) is 35.9 Å². The minimum Gasteiger partial charge on any atom is -0.453 e. The van der Waals surface area contributed by atoms with Crippen LogP contribution in [0.2, 0.25) is 0 Å². The molecule has 2 aromatic carbocycles.